The number of sulfonamides is 1. The van der Waals surface area contributed by atoms with Crippen LogP contribution >= 0.6 is 0 Å². The quantitative estimate of drug-likeness (QED) is 0.858. The Morgan fingerprint density at radius 1 is 1.45 bits per heavy atom. The maximum absolute atomic E-state index is 12.3. The number of hydrogen-bond donors (Lipinski definition) is 2. The number of nitrogens with zero attached hydrogens (tertiary/aromatic N) is 1. The highest BCUT2D eigenvalue weighted by Crippen LogP contribution is 2.17. The Morgan fingerprint density at radius 3 is 2.85 bits per heavy atom. The van der Waals surface area contributed by atoms with Crippen LogP contribution in [0.2, 0.25) is 0 Å². The fourth-order valence-electron chi connectivity index (χ4n) is 2.22. The molecular formula is C13H21N3O3S. The van der Waals surface area contributed by atoms with Gasteiger partial charge in [-0.1, -0.05) is 0 Å². The number of pyridine rings is 1. The summed E-state index contributed by atoms with van der Waals surface area (Å²) in [5.74, 6) is 0.672. The second kappa shape index (κ2) is 6.51. The van der Waals surface area contributed by atoms with Gasteiger partial charge < -0.3 is 10.1 Å². The fraction of sp³-hybridized carbons (Fsp3) is 0.615. The minimum Gasteiger partial charge on any atom is -0.378 e. The lowest BCUT2D eigenvalue weighted by atomic mass is 10.1. The monoisotopic (exact) mass is 299 g/mol. The molecule has 1 aliphatic rings. The number of hydrogen-bond acceptors (Lipinski definition) is 5. The summed E-state index contributed by atoms with van der Waals surface area (Å²) in [6, 6.07) is 3.16. The normalized spacial score (nSPS) is 23.5. The van der Waals surface area contributed by atoms with Crippen LogP contribution in [0.15, 0.2) is 23.2 Å². The summed E-state index contributed by atoms with van der Waals surface area (Å²) >= 11 is 0. The molecule has 1 fully saturated rings. The summed E-state index contributed by atoms with van der Waals surface area (Å²) < 4.78 is 32.7. The number of anilines is 1. The lowest BCUT2D eigenvalue weighted by Crippen LogP contribution is -2.41. The van der Waals surface area contributed by atoms with Crippen LogP contribution in [-0.2, 0) is 14.8 Å². The highest BCUT2D eigenvalue weighted by Gasteiger charge is 2.25. The Balaban J connectivity index is 2.05. The van der Waals surface area contributed by atoms with Crippen LogP contribution in [0.25, 0.3) is 0 Å². The molecule has 2 atom stereocenters. The predicted molar refractivity (Wildman–Crippen MR) is 77.2 cm³/mol. The van der Waals surface area contributed by atoms with Gasteiger partial charge in [0, 0.05) is 25.4 Å². The van der Waals surface area contributed by atoms with E-state index >= 15 is 0 Å². The molecule has 1 aliphatic heterocycles. The van der Waals surface area contributed by atoms with Crippen LogP contribution in [0.1, 0.15) is 26.7 Å². The van der Waals surface area contributed by atoms with Gasteiger partial charge in [0.2, 0.25) is 10.0 Å². The van der Waals surface area contributed by atoms with E-state index in [4.69, 9.17) is 4.74 Å². The van der Waals surface area contributed by atoms with Crippen molar-refractivity contribution >= 4 is 15.8 Å². The fourth-order valence-corrected chi connectivity index (χ4v) is 3.45. The van der Waals surface area contributed by atoms with Crippen molar-refractivity contribution in [3.8, 4) is 0 Å². The number of nitrogens with one attached hydrogen (secondary N) is 2. The maximum atomic E-state index is 12.3. The average molecular weight is 299 g/mol. The zero-order chi connectivity index (χ0) is 14.6. The van der Waals surface area contributed by atoms with Gasteiger partial charge in [-0.2, -0.15) is 0 Å². The first-order valence-corrected chi connectivity index (χ1v) is 8.33. The second-order valence-corrected chi connectivity index (χ2v) is 6.65. The van der Waals surface area contributed by atoms with Gasteiger partial charge in [0.25, 0.3) is 0 Å². The topological polar surface area (TPSA) is 80.3 Å². The van der Waals surface area contributed by atoms with E-state index in [1.54, 1.807) is 12.1 Å². The third-order valence-electron chi connectivity index (χ3n) is 3.21. The van der Waals surface area contributed by atoms with Crippen molar-refractivity contribution in [3.63, 3.8) is 0 Å². The van der Waals surface area contributed by atoms with E-state index in [0.717, 1.165) is 6.54 Å². The van der Waals surface area contributed by atoms with Crippen molar-refractivity contribution in [2.75, 3.05) is 18.5 Å². The van der Waals surface area contributed by atoms with E-state index in [0.29, 0.717) is 25.3 Å². The van der Waals surface area contributed by atoms with Crippen LogP contribution in [0.5, 0.6) is 0 Å². The predicted octanol–water partition coefficient (Wildman–Crippen LogP) is 1.36. The van der Waals surface area contributed by atoms with E-state index in [1.807, 2.05) is 13.8 Å². The summed E-state index contributed by atoms with van der Waals surface area (Å²) in [5.41, 5.74) is 0. The third kappa shape index (κ3) is 3.91. The summed E-state index contributed by atoms with van der Waals surface area (Å²) in [5, 5.41) is 3.03. The van der Waals surface area contributed by atoms with E-state index in [-0.39, 0.29) is 17.0 Å². The molecule has 6 nitrogen and oxygen atoms in total. The van der Waals surface area contributed by atoms with Gasteiger partial charge in [0.05, 0.1) is 6.10 Å². The molecule has 7 heteroatoms. The number of rotatable bonds is 5. The van der Waals surface area contributed by atoms with Crippen molar-refractivity contribution in [1.82, 2.24) is 9.71 Å². The van der Waals surface area contributed by atoms with E-state index in [1.165, 1.54) is 6.20 Å². The van der Waals surface area contributed by atoms with Gasteiger partial charge >= 0.3 is 0 Å². The van der Waals surface area contributed by atoms with E-state index in [2.05, 4.69) is 15.0 Å². The van der Waals surface area contributed by atoms with Crippen molar-refractivity contribution in [2.45, 2.75) is 43.7 Å². The molecule has 1 aromatic rings. The molecule has 112 valence electrons. The Labute approximate surface area is 120 Å². The zero-order valence-electron chi connectivity index (χ0n) is 11.8. The molecule has 20 heavy (non-hydrogen) atoms. The Bertz CT molecular complexity index is 530. The zero-order valence-corrected chi connectivity index (χ0v) is 12.6. The lowest BCUT2D eigenvalue weighted by molar-refractivity contribution is 0.0173. The van der Waals surface area contributed by atoms with Crippen molar-refractivity contribution in [3.05, 3.63) is 18.3 Å². The third-order valence-corrected chi connectivity index (χ3v) is 4.72. The summed E-state index contributed by atoms with van der Waals surface area (Å²) in [6.07, 6.45) is 2.86. The first kappa shape index (κ1) is 15.2. The second-order valence-electron chi connectivity index (χ2n) is 4.93. The molecular weight excluding hydrogens is 278 g/mol. The largest absolute Gasteiger partial charge is 0.378 e. The van der Waals surface area contributed by atoms with Gasteiger partial charge in [-0.15, -0.1) is 0 Å². The number of aromatic nitrogens is 1. The Morgan fingerprint density at radius 2 is 2.25 bits per heavy atom. The van der Waals surface area contributed by atoms with Gasteiger partial charge in [-0.25, -0.2) is 18.1 Å². The lowest BCUT2D eigenvalue weighted by Gasteiger charge is -2.27. The van der Waals surface area contributed by atoms with Gasteiger partial charge in [-0.05, 0) is 38.8 Å². The van der Waals surface area contributed by atoms with Crippen LogP contribution in [0, 0.1) is 0 Å². The molecule has 2 unspecified atom stereocenters. The SMILES string of the molecule is CCNc1ccc(S(=O)(=O)NC2CCOC(C)C2)cn1. The summed E-state index contributed by atoms with van der Waals surface area (Å²) in [4.78, 5) is 4.28. The highest BCUT2D eigenvalue weighted by molar-refractivity contribution is 7.89. The molecule has 1 aromatic heterocycles. The molecule has 2 rings (SSSR count). The van der Waals surface area contributed by atoms with Crippen molar-refractivity contribution < 1.29 is 13.2 Å². The Hall–Kier alpha value is -1.18. The molecule has 2 N–H and O–H groups in total. The molecule has 0 aromatic carbocycles. The number of ether oxygens (including phenoxy) is 1. The summed E-state index contributed by atoms with van der Waals surface area (Å²) in [7, 11) is -3.51. The minimum atomic E-state index is -3.51. The van der Waals surface area contributed by atoms with Crippen molar-refractivity contribution in [2.24, 2.45) is 0 Å². The smallest absolute Gasteiger partial charge is 0.242 e. The van der Waals surface area contributed by atoms with Crippen molar-refractivity contribution in [1.29, 1.82) is 0 Å². The molecule has 2 heterocycles. The minimum absolute atomic E-state index is 0.0720. The molecule has 0 radical (unpaired) electrons. The van der Waals surface area contributed by atoms with E-state index in [9.17, 15) is 8.42 Å². The average Bonchev–Trinajstić information content (AvgIpc) is 2.39. The molecule has 1 saturated heterocycles. The maximum Gasteiger partial charge on any atom is 0.242 e. The van der Waals surface area contributed by atoms with E-state index < -0.39 is 10.0 Å². The molecule has 0 aliphatic carbocycles. The molecule has 0 spiro atoms. The summed E-state index contributed by atoms with van der Waals surface area (Å²) in [6.45, 7) is 5.25. The first-order valence-electron chi connectivity index (χ1n) is 6.85. The Kier molecular flexibility index (Phi) is 4.95. The van der Waals surface area contributed by atoms with Crippen LogP contribution in [-0.4, -0.2) is 38.7 Å². The molecule has 0 saturated carbocycles. The first-order chi connectivity index (χ1) is 9.51. The molecule has 0 bridgehead atoms. The van der Waals surface area contributed by atoms with Gasteiger partial charge in [-0.3, -0.25) is 0 Å². The highest BCUT2D eigenvalue weighted by atomic mass is 32.2. The molecule has 0 amide bonds. The van der Waals surface area contributed by atoms with Gasteiger partial charge in [0.1, 0.15) is 10.7 Å². The van der Waals surface area contributed by atoms with Gasteiger partial charge in [0.15, 0.2) is 0 Å². The standard InChI is InChI=1S/C13H21N3O3S/c1-3-14-13-5-4-12(9-15-13)20(17,18)16-11-6-7-19-10(2)8-11/h4-5,9-11,16H,3,6-8H2,1-2H3,(H,14,15). The van der Waals surface area contributed by atoms with Crippen LogP contribution in [0.4, 0.5) is 5.82 Å². The van der Waals surface area contributed by atoms with Crippen LogP contribution in [0.3, 0.4) is 0 Å². The van der Waals surface area contributed by atoms with Crippen LogP contribution < -0.4 is 10.0 Å².